The highest BCUT2D eigenvalue weighted by Crippen LogP contribution is 2.25. The number of amides is 1. The minimum absolute atomic E-state index is 0.0544. The Morgan fingerprint density at radius 3 is 2.09 bits per heavy atom. The van der Waals surface area contributed by atoms with Crippen molar-refractivity contribution in [3.8, 4) is 0 Å². The van der Waals surface area contributed by atoms with Gasteiger partial charge in [-0.1, -0.05) is 22.0 Å². The highest BCUT2D eigenvalue weighted by atomic mass is 79.9. The van der Waals surface area contributed by atoms with Crippen LogP contribution in [0.15, 0.2) is 92.0 Å². The highest BCUT2D eigenvalue weighted by molar-refractivity contribution is 9.10. The molecule has 1 amide bonds. The fourth-order valence-corrected chi connectivity index (χ4v) is 6.15. The third kappa shape index (κ3) is 5.33. The summed E-state index contributed by atoms with van der Waals surface area (Å²) in [4.78, 5) is 14.0. The lowest BCUT2D eigenvalue weighted by Crippen LogP contribution is -2.40. The van der Waals surface area contributed by atoms with E-state index in [2.05, 4.69) is 20.7 Å². The summed E-state index contributed by atoms with van der Waals surface area (Å²) in [6.45, 7) is 1.99. The maximum Gasteiger partial charge on any atom is 0.261 e. The Balaban J connectivity index is 1.53. The molecule has 0 atom stereocenters. The Kier molecular flexibility index (Phi) is 7.08. The second-order valence-corrected chi connectivity index (χ2v) is 12.1. The van der Waals surface area contributed by atoms with Gasteiger partial charge in [-0.05, 0) is 66.7 Å². The minimum Gasteiger partial charge on any atom is -0.378 e. The van der Waals surface area contributed by atoms with Gasteiger partial charge < -0.3 is 9.64 Å². The zero-order chi connectivity index (χ0) is 24.3. The van der Waals surface area contributed by atoms with Crippen molar-refractivity contribution in [2.75, 3.05) is 31.0 Å². The molecule has 0 spiro atoms. The number of rotatable bonds is 6. The molecule has 34 heavy (non-hydrogen) atoms. The van der Waals surface area contributed by atoms with Crippen LogP contribution in [0, 0.1) is 0 Å². The summed E-state index contributed by atoms with van der Waals surface area (Å²) in [6.07, 6.45) is 0. The van der Waals surface area contributed by atoms with Crippen LogP contribution in [0.5, 0.6) is 0 Å². The molecular weight excluding hydrogens is 544 g/mol. The van der Waals surface area contributed by atoms with Gasteiger partial charge in [0.15, 0.2) is 0 Å². The second kappa shape index (κ2) is 9.87. The minimum atomic E-state index is -4.07. The summed E-state index contributed by atoms with van der Waals surface area (Å²) in [6, 6.07) is 17.3. The number of sulfonamides is 1. The maximum atomic E-state index is 12.9. The number of hydrogen-bond acceptors (Lipinski definition) is 6. The number of benzene rings is 3. The average molecular weight is 565 g/mol. The van der Waals surface area contributed by atoms with Crippen molar-refractivity contribution in [3.05, 3.63) is 82.8 Å². The molecule has 1 heterocycles. The van der Waals surface area contributed by atoms with Crippen LogP contribution in [0.1, 0.15) is 10.4 Å². The first-order chi connectivity index (χ1) is 16.2. The van der Waals surface area contributed by atoms with E-state index in [4.69, 9.17) is 4.74 Å². The van der Waals surface area contributed by atoms with Crippen LogP contribution < -0.4 is 4.72 Å². The van der Waals surface area contributed by atoms with Gasteiger partial charge in [-0.2, -0.15) is 0 Å². The number of hydrogen-bond donors (Lipinski definition) is 1. The number of carbonyl (C=O) groups excluding carboxylic acids is 1. The first kappa shape index (κ1) is 24.4. The average Bonchev–Trinajstić information content (AvgIpc) is 2.85. The van der Waals surface area contributed by atoms with Crippen molar-refractivity contribution >= 4 is 47.4 Å². The SMILES string of the molecule is O=C(c1ccc(NS(=O)(=O)c2cccc(S(=O)(=O)c3ccc(Br)cc3)c2)cc1)N1CCOCC1. The summed E-state index contributed by atoms with van der Waals surface area (Å²) >= 11 is 3.26. The second-order valence-electron chi connectivity index (χ2n) is 7.52. The summed E-state index contributed by atoms with van der Waals surface area (Å²) in [5, 5.41) is 0. The summed E-state index contributed by atoms with van der Waals surface area (Å²) < 4.78 is 60.1. The van der Waals surface area contributed by atoms with Crippen molar-refractivity contribution in [3.63, 3.8) is 0 Å². The normalized spacial score (nSPS) is 14.6. The number of halogens is 1. The molecule has 1 N–H and O–H groups in total. The van der Waals surface area contributed by atoms with E-state index < -0.39 is 19.9 Å². The molecule has 1 fully saturated rings. The van der Waals surface area contributed by atoms with Gasteiger partial charge in [0.1, 0.15) is 0 Å². The third-order valence-corrected chi connectivity index (χ3v) is 8.91. The van der Waals surface area contributed by atoms with Gasteiger partial charge in [0.2, 0.25) is 9.84 Å². The Morgan fingerprint density at radius 1 is 0.824 bits per heavy atom. The van der Waals surface area contributed by atoms with E-state index in [0.29, 0.717) is 31.9 Å². The smallest absolute Gasteiger partial charge is 0.261 e. The Morgan fingerprint density at radius 2 is 1.44 bits per heavy atom. The van der Waals surface area contributed by atoms with Gasteiger partial charge in [-0.3, -0.25) is 9.52 Å². The molecule has 1 aliphatic rings. The van der Waals surface area contributed by atoms with Gasteiger partial charge in [0.05, 0.1) is 27.9 Å². The number of nitrogens with zero attached hydrogens (tertiary/aromatic N) is 1. The van der Waals surface area contributed by atoms with Crippen molar-refractivity contribution in [1.82, 2.24) is 4.90 Å². The lowest BCUT2D eigenvalue weighted by molar-refractivity contribution is 0.0303. The molecule has 0 aliphatic carbocycles. The lowest BCUT2D eigenvalue weighted by Gasteiger charge is -2.26. The monoisotopic (exact) mass is 564 g/mol. The first-order valence-corrected chi connectivity index (χ1v) is 14.0. The number of anilines is 1. The number of ether oxygens (including phenoxy) is 1. The molecule has 4 rings (SSSR count). The Labute approximate surface area is 206 Å². The van der Waals surface area contributed by atoms with Crippen molar-refractivity contribution < 1.29 is 26.4 Å². The molecule has 178 valence electrons. The van der Waals surface area contributed by atoms with Gasteiger partial charge >= 0.3 is 0 Å². The standard InChI is InChI=1S/C23H21BrN2O6S2/c24-18-6-10-20(11-7-18)33(28,29)21-2-1-3-22(16-21)34(30,31)25-19-8-4-17(5-9-19)23(27)26-12-14-32-15-13-26/h1-11,16,25H,12-15H2. The predicted molar refractivity (Wildman–Crippen MR) is 130 cm³/mol. The molecule has 0 aromatic heterocycles. The van der Waals surface area contributed by atoms with E-state index in [9.17, 15) is 21.6 Å². The molecule has 1 aliphatic heterocycles. The van der Waals surface area contributed by atoms with E-state index in [1.54, 1.807) is 29.2 Å². The fraction of sp³-hybridized carbons (Fsp3) is 0.174. The molecule has 0 saturated carbocycles. The van der Waals surface area contributed by atoms with Crippen LogP contribution in [-0.2, 0) is 24.6 Å². The quantitative estimate of drug-likeness (QED) is 0.490. The lowest BCUT2D eigenvalue weighted by atomic mass is 10.2. The Hall–Kier alpha value is -2.73. The van der Waals surface area contributed by atoms with E-state index in [1.807, 2.05) is 0 Å². The van der Waals surface area contributed by atoms with Crippen LogP contribution in [0.3, 0.4) is 0 Å². The van der Waals surface area contributed by atoms with E-state index in [-0.39, 0.29) is 26.3 Å². The maximum absolute atomic E-state index is 12.9. The first-order valence-electron chi connectivity index (χ1n) is 10.3. The number of carbonyl (C=O) groups is 1. The van der Waals surface area contributed by atoms with Crippen LogP contribution in [0.2, 0.25) is 0 Å². The van der Waals surface area contributed by atoms with Gasteiger partial charge in [-0.15, -0.1) is 0 Å². The molecule has 3 aromatic rings. The third-order valence-electron chi connectivity index (χ3n) is 5.23. The number of sulfone groups is 1. The molecule has 0 unspecified atom stereocenters. The van der Waals surface area contributed by atoms with Crippen molar-refractivity contribution in [1.29, 1.82) is 0 Å². The van der Waals surface area contributed by atoms with Crippen molar-refractivity contribution in [2.24, 2.45) is 0 Å². The predicted octanol–water partition coefficient (Wildman–Crippen LogP) is 3.56. The van der Waals surface area contributed by atoms with Crippen LogP contribution >= 0.6 is 15.9 Å². The van der Waals surface area contributed by atoms with E-state index in [0.717, 1.165) is 10.5 Å². The fourth-order valence-electron chi connectivity index (χ4n) is 3.40. The van der Waals surface area contributed by atoms with Crippen LogP contribution in [0.4, 0.5) is 5.69 Å². The summed E-state index contributed by atoms with van der Waals surface area (Å²) in [5.74, 6) is -0.149. The van der Waals surface area contributed by atoms with Gasteiger partial charge in [-0.25, -0.2) is 16.8 Å². The summed E-state index contributed by atoms with van der Waals surface area (Å²) in [7, 11) is -7.97. The zero-order valence-electron chi connectivity index (χ0n) is 17.8. The Bertz CT molecular complexity index is 1400. The van der Waals surface area contributed by atoms with E-state index >= 15 is 0 Å². The largest absolute Gasteiger partial charge is 0.378 e. The summed E-state index contributed by atoms with van der Waals surface area (Å²) in [5.41, 5.74) is 0.687. The highest BCUT2D eigenvalue weighted by Gasteiger charge is 2.22. The van der Waals surface area contributed by atoms with Gasteiger partial charge in [0, 0.05) is 28.8 Å². The molecule has 1 saturated heterocycles. The molecular formula is C23H21BrN2O6S2. The van der Waals surface area contributed by atoms with Crippen LogP contribution in [-0.4, -0.2) is 53.9 Å². The van der Waals surface area contributed by atoms with Gasteiger partial charge in [0.25, 0.3) is 15.9 Å². The molecule has 0 bridgehead atoms. The van der Waals surface area contributed by atoms with E-state index in [1.165, 1.54) is 42.5 Å². The molecule has 8 nitrogen and oxygen atoms in total. The number of nitrogens with one attached hydrogen (secondary N) is 1. The molecule has 3 aromatic carbocycles. The molecule has 0 radical (unpaired) electrons. The molecule has 11 heteroatoms. The van der Waals surface area contributed by atoms with Crippen LogP contribution in [0.25, 0.3) is 0 Å². The van der Waals surface area contributed by atoms with Crippen molar-refractivity contribution in [2.45, 2.75) is 14.7 Å². The zero-order valence-corrected chi connectivity index (χ0v) is 21.1. The topological polar surface area (TPSA) is 110 Å². The number of morpholine rings is 1.